The molecular formula is C20H20N2O2. The number of hydrogen-bond acceptors (Lipinski definition) is 3. The quantitative estimate of drug-likeness (QED) is 0.849. The monoisotopic (exact) mass is 320 g/mol. The Morgan fingerprint density at radius 3 is 2.71 bits per heavy atom. The third kappa shape index (κ3) is 2.80. The maximum Gasteiger partial charge on any atom is 0.271 e. The summed E-state index contributed by atoms with van der Waals surface area (Å²) in [6.45, 7) is 0.746. The molecule has 1 unspecified atom stereocenters. The van der Waals surface area contributed by atoms with E-state index in [4.69, 9.17) is 4.84 Å². The summed E-state index contributed by atoms with van der Waals surface area (Å²) in [7, 11) is 0. The van der Waals surface area contributed by atoms with Crippen molar-refractivity contribution in [2.75, 3.05) is 11.4 Å². The van der Waals surface area contributed by atoms with Gasteiger partial charge in [0.15, 0.2) is 0 Å². The number of oxime groups is 1. The highest BCUT2D eigenvalue weighted by atomic mass is 16.6. The molecule has 4 rings (SSSR count). The van der Waals surface area contributed by atoms with Crippen LogP contribution < -0.4 is 4.90 Å². The molecule has 4 nitrogen and oxygen atoms in total. The number of carbonyl (C=O) groups excluding carboxylic acids is 1. The second-order valence-electron chi connectivity index (χ2n) is 6.28. The molecule has 1 atom stereocenters. The molecule has 0 spiro atoms. The summed E-state index contributed by atoms with van der Waals surface area (Å²) in [6.07, 6.45) is 3.16. The number of anilines is 1. The molecule has 4 heteroatoms. The summed E-state index contributed by atoms with van der Waals surface area (Å²) in [4.78, 5) is 20.4. The van der Waals surface area contributed by atoms with E-state index in [0.717, 1.165) is 42.8 Å². The molecule has 0 N–H and O–H groups in total. The number of hydrogen-bond donors (Lipinski definition) is 0. The predicted molar refractivity (Wildman–Crippen MR) is 94.2 cm³/mol. The van der Waals surface area contributed by atoms with Gasteiger partial charge in [-0.1, -0.05) is 53.7 Å². The van der Waals surface area contributed by atoms with Gasteiger partial charge < -0.3 is 9.74 Å². The second kappa shape index (κ2) is 6.48. The lowest BCUT2D eigenvalue weighted by molar-refractivity contribution is -0.128. The summed E-state index contributed by atoms with van der Waals surface area (Å²) < 4.78 is 0. The number of benzene rings is 2. The van der Waals surface area contributed by atoms with Gasteiger partial charge in [-0.05, 0) is 36.5 Å². The first-order chi connectivity index (χ1) is 11.8. The van der Waals surface area contributed by atoms with E-state index < -0.39 is 6.10 Å². The van der Waals surface area contributed by atoms with Crippen molar-refractivity contribution in [3.05, 3.63) is 65.7 Å². The summed E-state index contributed by atoms with van der Waals surface area (Å²) >= 11 is 0. The number of carbonyl (C=O) groups is 1. The van der Waals surface area contributed by atoms with Gasteiger partial charge in [0, 0.05) is 18.7 Å². The first-order valence-corrected chi connectivity index (χ1v) is 8.50. The molecule has 0 saturated heterocycles. The summed E-state index contributed by atoms with van der Waals surface area (Å²) in [5.41, 5.74) is 4.13. The van der Waals surface area contributed by atoms with Crippen LogP contribution in [0.4, 0.5) is 5.69 Å². The molecule has 0 aromatic heterocycles. The van der Waals surface area contributed by atoms with Crippen molar-refractivity contribution in [3.8, 4) is 0 Å². The van der Waals surface area contributed by atoms with Crippen LogP contribution in [0.1, 0.15) is 30.4 Å². The maximum atomic E-state index is 13.0. The Bertz CT molecular complexity index is 770. The molecule has 0 bridgehead atoms. The van der Waals surface area contributed by atoms with E-state index in [-0.39, 0.29) is 5.91 Å². The van der Waals surface area contributed by atoms with Gasteiger partial charge in [-0.25, -0.2) is 0 Å². The molecule has 2 aromatic rings. The van der Waals surface area contributed by atoms with E-state index >= 15 is 0 Å². The molecule has 2 aliphatic heterocycles. The van der Waals surface area contributed by atoms with E-state index in [1.165, 1.54) is 5.56 Å². The van der Waals surface area contributed by atoms with E-state index in [0.29, 0.717) is 6.42 Å². The van der Waals surface area contributed by atoms with Gasteiger partial charge in [-0.15, -0.1) is 0 Å². The first kappa shape index (κ1) is 14.9. The van der Waals surface area contributed by atoms with Crippen LogP contribution in [0.25, 0.3) is 0 Å². The van der Waals surface area contributed by atoms with Crippen molar-refractivity contribution in [3.63, 3.8) is 0 Å². The summed E-state index contributed by atoms with van der Waals surface area (Å²) in [5, 5.41) is 4.15. The molecule has 2 aliphatic rings. The highest BCUT2D eigenvalue weighted by Crippen LogP contribution is 2.28. The zero-order valence-electron chi connectivity index (χ0n) is 13.5. The van der Waals surface area contributed by atoms with Crippen molar-refractivity contribution in [2.24, 2.45) is 5.16 Å². The fourth-order valence-corrected chi connectivity index (χ4v) is 3.40. The number of rotatable bonds is 2. The zero-order chi connectivity index (χ0) is 16.4. The smallest absolute Gasteiger partial charge is 0.271 e. The predicted octanol–water partition coefficient (Wildman–Crippen LogP) is 3.55. The van der Waals surface area contributed by atoms with Crippen LogP contribution >= 0.6 is 0 Å². The van der Waals surface area contributed by atoms with E-state index in [1.54, 1.807) is 0 Å². The van der Waals surface area contributed by atoms with Crippen LogP contribution in [0.2, 0.25) is 0 Å². The Morgan fingerprint density at radius 1 is 1.04 bits per heavy atom. The van der Waals surface area contributed by atoms with Crippen molar-refractivity contribution >= 4 is 17.3 Å². The van der Waals surface area contributed by atoms with Gasteiger partial charge in [-0.3, -0.25) is 4.79 Å². The molecule has 0 fully saturated rings. The van der Waals surface area contributed by atoms with Crippen molar-refractivity contribution in [2.45, 2.75) is 31.8 Å². The van der Waals surface area contributed by atoms with Gasteiger partial charge in [0.1, 0.15) is 0 Å². The highest BCUT2D eigenvalue weighted by Gasteiger charge is 2.34. The van der Waals surface area contributed by atoms with Crippen LogP contribution in [-0.2, 0) is 16.1 Å². The lowest BCUT2D eigenvalue weighted by Crippen LogP contribution is -2.40. The summed E-state index contributed by atoms with van der Waals surface area (Å²) in [6, 6.07) is 18.1. The average molecular weight is 320 g/mol. The summed E-state index contributed by atoms with van der Waals surface area (Å²) in [5.74, 6) is 0.0130. The number of amides is 1. The van der Waals surface area contributed by atoms with Crippen LogP contribution in [-0.4, -0.2) is 24.3 Å². The number of nitrogens with zero attached hydrogens (tertiary/aromatic N) is 2. The largest absolute Gasteiger partial charge is 0.382 e. The van der Waals surface area contributed by atoms with Gasteiger partial charge in [0.2, 0.25) is 6.10 Å². The second-order valence-corrected chi connectivity index (χ2v) is 6.28. The van der Waals surface area contributed by atoms with Gasteiger partial charge in [-0.2, -0.15) is 0 Å². The topological polar surface area (TPSA) is 41.9 Å². The minimum absolute atomic E-state index is 0.0130. The molecule has 0 aliphatic carbocycles. The van der Waals surface area contributed by atoms with Gasteiger partial charge in [0.25, 0.3) is 5.91 Å². The Hall–Kier alpha value is -2.62. The van der Waals surface area contributed by atoms with E-state index in [9.17, 15) is 4.79 Å². The Morgan fingerprint density at radius 2 is 1.83 bits per heavy atom. The lowest BCUT2D eigenvalue weighted by atomic mass is 10.0. The number of fused-ring (bicyclic) bond motifs is 1. The Labute approximate surface area is 141 Å². The SMILES string of the molecule is O=C(C1CC(c2ccccc2)=NO1)N1CCCCc2ccccc21. The van der Waals surface area contributed by atoms with Crippen LogP contribution in [0.5, 0.6) is 0 Å². The third-order valence-electron chi connectivity index (χ3n) is 4.68. The molecule has 0 saturated carbocycles. The average Bonchev–Trinajstić information content (AvgIpc) is 3.03. The van der Waals surface area contributed by atoms with E-state index in [2.05, 4.69) is 11.2 Å². The molecule has 0 radical (unpaired) electrons. The fourth-order valence-electron chi connectivity index (χ4n) is 3.40. The Kier molecular flexibility index (Phi) is 4.03. The zero-order valence-corrected chi connectivity index (χ0v) is 13.5. The van der Waals surface area contributed by atoms with Crippen molar-refractivity contribution in [1.82, 2.24) is 0 Å². The normalized spacial score (nSPS) is 19.9. The van der Waals surface area contributed by atoms with Gasteiger partial charge in [0.05, 0.1) is 5.71 Å². The maximum absolute atomic E-state index is 13.0. The molecule has 2 aromatic carbocycles. The molecular weight excluding hydrogens is 300 g/mol. The number of aryl methyl sites for hydroxylation is 1. The molecule has 122 valence electrons. The lowest BCUT2D eigenvalue weighted by Gasteiger charge is -2.24. The molecule has 2 heterocycles. The standard InChI is InChI=1S/C20H20N2O2/c23-20(19-14-17(21-24-19)15-8-2-1-3-9-15)22-13-7-6-11-16-10-4-5-12-18(16)22/h1-5,8-10,12,19H,6-7,11,13-14H2. The minimum Gasteiger partial charge on any atom is -0.382 e. The molecule has 1 amide bonds. The Balaban J connectivity index is 1.53. The fraction of sp³-hybridized carbons (Fsp3) is 0.300. The van der Waals surface area contributed by atoms with Crippen LogP contribution in [0.15, 0.2) is 59.8 Å². The van der Waals surface area contributed by atoms with E-state index in [1.807, 2.05) is 53.4 Å². The number of para-hydroxylation sites is 1. The third-order valence-corrected chi connectivity index (χ3v) is 4.68. The molecule has 24 heavy (non-hydrogen) atoms. The van der Waals surface area contributed by atoms with Crippen LogP contribution in [0, 0.1) is 0 Å². The van der Waals surface area contributed by atoms with Crippen molar-refractivity contribution in [1.29, 1.82) is 0 Å². The van der Waals surface area contributed by atoms with Crippen LogP contribution in [0.3, 0.4) is 0 Å². The first-order valence-electron chi connectivity index (χ1n) is 8.50. The highest BCUT2D eigenvalue weighted by molar-refractivity contribution is 6.06. The minimum atomic E-state index is -0.522. The van der Waals surface area contributed by atoms with Crippen molar-refractivity contribution < 1.29 is 9.63 Å². The van der Waals surface area contributed by atoms with Gasteiger partial charge >= 0.3 is 0 Å².